The van der Waals surface area contributed by atoms with Gasteiger partial charge < -0.3 is 4.74 Å². The van der Waals surface area contributed by atoms with Crippen molar-refractivity contribution in [2.45, 2.75) is 47.0 Å². The fraction of sp³-hybridized carbons (Fsp3) is 0.320. The molecular weight excluding hydrogens is 404 g/mol. The molecule has 1 aromatic heterocycles. The summed E-state index contributed by atoms with van der Waals surface area (Å²) in [4.78, 5) is 24.6. The van der Waals surface area contributed by atoms with E-state index in [1.54, 1.807) is 0 Å². The van der Waals surface area contributed by atoms with Gasteiger partial charge in [-0.3, -0.25) is 20.4 Å². The Labute approximate surface area is 188 Å². The van der Waals surface area contributed by atoms with E-state index in [4.69, 9.17) is 4.74 Å². The molecule has 1 heterocycles. The Kier molecular flexibility index (Phi) is 7.30. The molecule has 0 saturated heterocycles. The second-order valence-electron chi connectivity index (χ2n) is 8.15. The number of hydrazine groups is 1. The van der Waals surface area contributed by atoms with Gasteiger partial charge in [0.05, 0.1) is 17.8 Å². The van der Waals surface area contributed by atoms with E-state index in [1.807, 2.05) is 74.0 Å². The molecule has 0 bridgehead atoms. The summed E-state index contributed by atoms with van der Waals surface area (Å²) >= 11 is 0. The van der Waals surface area contributed by atoms with Gasteiger partial charge in [0.25, 0.3) is 5.91 Å². The molecule has 0 atom stereocenters. The SMILES string of the molecule is Cc1ccc(C(C)C)c(OCC(=O)NNC(=O)Cc2c(C)nn(-c3ccccc3)c2C)c1. The minimum absolute atomic E-state index is 0.112. The van der Waals surface area contributed by atoms with Crippen LogP contribution in [0.2, 0.25) is 0 Å². The number of para-hydroxylation sites is 1. The standard InChI is InChI=1S/C25H30N4O3/c1-16(2)21-12-11-17(3)13-23(21)32-15-25(31)27-26-24(30)14-22-18(4)28-29(19(22)5)20-9-7-6-8-10-20/h6-13,16H,14-15H2,1-5H3,(H,26,30)(H,27,31). The molecule has 3 aromatic rings. The predicted molar refractivity (Wildman–Crippen MR) is 124 cm³/mol. The van der Waals surface area contributed by atoms with E-state index in [0.717, 1.165) is 33.8 Å². The van der Waals surface area contributed by atoms with E-state index in [1.165, 1.54) is 0 Å². The largest absolute Gasteiger partial charge is 0.483 e. The molecule has 0 saturated carbocycles. The zero-order chi connectivity index (χ0) is 23.3. The molecule has 0 aliphatic rings. The first-order chi connectivity index (χ1) is 15.3. The van der Waals surface area contributed by atoms with E-state index in [2.05, 4.69) is 29.8 Å². The lowest BCUT2D eigenvalue weighted by Crippen LogP contribution is -2.44. The van der Waals surface area contributed by atoms with E-state index in [9.17, 15) is 9.59 Å². The van der Waals surface area contributed by atoms with Gasteiger partial charge in [0.2, 0.25) is 5.91 Å². The molecule has 2 aromatic carbocycles. The van der Waals surface area contributed by atoms with Gasteiger partial charge in [-0.05, 0) is 56.0 Å². The Morgan fingerprint density at radius 1 is 1.00 bits per heavy atom. The van der Waals surface area contributed by atoms with Gasteiger partial charge in [-0.2, -0.15) is 5.10 Å². The maximum absolute atomic E-state index is 12.4. The summed E-state index contributed by atoms with van der Waals surface area (Å²) in [5.41, 5.74) is 10.4. The number of hydrogen-bond donors (Lipinski definition) is 2. The number of ether oxygens (including phenoxy) is 1. The number of amides is 2. The molecule has 0 aliphatic carbocycles. The first-order valence-corrected chi connectivity index (χ1v) is 10.7. The van der Waals surface area contributed by atoms with Crippen molar-refractivity contribution in [2.24, 2.45) is 0 Å². The molecule has 3 rings (SSSR count). The molecule has 0 spiro atoms. The number of nitrogens with zero attached hydrogens (tertiary/aromatic N) is 2. The van der Waals surface area contributed by atoms with Gasteiger partial charge in [0.15, 0.2) is 6.61 Å². The Bertz CT molecular complexity index is 1100. The molecule has 7 heteroatoms. The zero-order valence-electron chi connectivity index (χ0n) is 19.2. The summed E-state index contributed by atoms with van der Waals surface area (Å²) in [5.74, 6) is 0.205. The maximum atomic E-state index is 12.4. The van der Waals surface area contributed by atoms with Crippen molar-refractivity contribution in [3.8, 4) is 11.4 Å². The molecule has 2 N–H and O–H groups in total. The molecule has 0 aliphatic heterocycles. The van der Waals surface area contributed by atoms with Crippen molar-refractivity contribution >= 4 is 11.8 Å². The van der Waals surface area contributed by atoms with Gasteiger partial charge in [0, 0.05) is 11.3 Å². The second-order valence-corrected chi connectivity index (χ2v) is 8.15. The molecule has 7 nitrogen and oxygen atoms in total. The van der Waals surface area contributed by atoms with Crippen molar-refractivity contribution < 1.29 is 14.3 Å². The number of hydrogen-bond acceptors (Lipinski definition) is 4. The highest BCUT2D eigenvalue weighted by Crippen LogP contribution is 2.27. The Hall–Kier alpha value is -3.61. The van der Waals surface area contributed by atoms with Crippen LogP contribution in [0.15, 0.2) is 48.5 Å². The lowest BCUT2D eigenvalue weighted by molar-refractivity contribution is -0.129. The van der Waals surface area contributed by atoms with Crippen molar-refractivity contribution in [1.82, 2.24) is 20.6 Å². The van der Waals surface area contributed by atoms with Crippen LogP contribution in [0.3, 0.4) is 0 Å². The summed E-state index contributed by atoms with van der Waals surface area (Å²) in [6, 6.07) is 15.7. The first-order valence-electron chi connectivity index (χ1n) is 10.7. The minimum atomic E-state index is -0.428. The molecule has 168 valence electrons. The summed E-state index contributed by atoms with van der Waals surface area (Å²) in [6.07, 6.45) is 0.112. The Morgan fingerprint density at radius 3 is 2.38 bits per heavy atom. The second kappa shape index (κ2) is 10.1. The maximum Gasteiger partial charge on any atom is 0.276 e. The van der Waals surface area contributed by atoms with Crippen LogP contribution in [0.4, 0.5) is 0 Å². The number of benzene rings is 2. The van der Waals surface area contributed by atoms with Gasteiger partial charge in [-0.25, -0.2) is 4.68 Å². The van der Waals surface area contributed by atoms with Gasteiger partial charge in [-0.1, -0.05) is 44.2 Å². The molecule has 32 heavy (non-hydrogen) atoms. The minimum Gasteiger partial charge on any atom is -0.483 e. The molecule has 0 radical (unpaired) electrons. The third kappa shape index (κ3) is 5.55. The van der Waals surface area contributed by atoms with Crippen LogP contribution in [-0.2, 0) is 16.0 Å². The quantitative estimate of drug-likeness (QED) is 0.556. The van der Waals surface area contributed by atoms with Crippen LogP contribution < -0.4 is 15.6 Å². The van der Waals surface area contributed by atoms with E-state index in [-0.39, 0.29) is 24.9 Å². The van der Waals surface area contributed by atoms with Gasteiger partial charge >= 0.3 is 0 Å². The lowest BCUT2D eigenvalue weighted by atomic mass is 10.0. The van der Waals surface area contributed by atoms with Crippen molar-refractivity contribution in [2.75, 3.05) is 6.61 Å². The summed E-state index contributed by atoms with van der Waals surface area (Å²) < 4.78 is 7.52. The monoisotopic (exact) mass is 434 g/mol. The highest BCUT2D eigenvalue weighted by Gasteiger charge is 2.17. The topological polar surface area (TPSA) is 85.2 Å². The number of carbonyl (C=O) groups excluding carboxylic acids is 2. The van der Waals surface area contributed by atoms with Crippen LogP contribution in [0.5, 0.6) is 5.75 Å². The third-order valence-electron chi connectivity index (χ3n) is 5.27. The number of nitrogens with one attached hydrogen (secondary N) is 2. The summed E-state index contributed by atoms with van der Waals surface area (Å²) in [7, 11) is 0. The molecule has 0 fully saturated rings. The average Bonchev–Trinajstić information content (AvgIpc) is 3.05. The zero-order valence-corrected chi connectivity index (χ0v) is 19.2. The van der Waals surface area contributed by atoms with Crippen molar-refractivity contribution in [3.63, 3.8) is 0 Å². The fourth-order valence-electron chi connectivity index (χ4n) is 3.52. The molecular formula is C25H30N4O3. The van der Waals surface area contributed by atoms with Gasteiger partial charge in [0.1, 0.15) is 5.75 Å². The number of rotatable bonds is 7. The summed E-state index contributed by atoms with van der Waals surface area (Å²) in [5, 5.41) is 4.55. The highest BCUT2D eigenvalue weighted by molar-refractivity contribution is 5.84. The molecule has 0 unspecified atom stereocenters. The number of aryl methyl sites for hydroxylation is 2. The fourth-order valence-corrected chi connectivity index (χ4v) is 3.52. The van der Waals surface area contributed by atoms with Crippen LogP contribution >= 0.6 is 0 Å². The van der Waals surface area contributed by atoms with Crippen molar-refractivity contribution in [1.29, 1.82) is 0 Å². The van der Waals surface area contributed by atoms with Crippen LogP contribution in [-0.4, -0.2) is 28.2 Å². The smallest absolute Gasteiger partial charge is 0.276 e. The highest BCUT2D eigenvalue weighted by atomic mass is 16.5. The Morgan fingerprint density at radius 2 is 1.69 bits per heavy atom. The van der Waals surface area contributed by atoms with Crippen molar-refractivity contribution in [3.05, 3.63) is 76.6 Å². The van der Waals surface area contributed by atoms with E-state index < -0.39 is 5.91 Å². The number of aromatic nitrogens is 2. The average molecular weight is 435 g/mol. The van der Waals surface area contributed by atoms with Gasteiger partial charge in [-0.15, -0.1) is 0 Å². The normalized spacial score (nSPS) is 10.8. The summed E-state index contributed by atoms with van der Waals surface area (Å²) in [6.45, 7) is 9.73. The van der Waals surface area contributed by atoms with E-state index in [0.29, 0.717) is 5.75 Å². The van der Waals surface area contributed by atoms with Crippen LogP contribution in [0.1, 0.15) is 47.8 Å². The number of carbonyl (C=O) groups is 2. The van der Waals surface area contributed by atoms with E-state index >= 15 is 0 Å². The first kappa shape index (κ1) is 23.1. The Balaban J connectivity index is 1.55. The van der Waals surface area contributed by atoms with Crippen LogP contribution in [0.25, 0.3) is 5.69 Å². The molecule has 2 amide bonds. The predicted octanol–water partition coefficient (Wildman–Crippen LogP) is 3.69. The lowest BCUT2D eigenvalue weighted by Gasteiger charge is -2.15. The third-order valence-corrected chi connectivity index (χ3v) is 5.27. The van der Waals surface area contributed by atoms with Crippen LogP contribution in [0, 0.1) is 20.8 Å².